The van der Waals surface area contributed by atoms with Crippen molar-refractivity contribution in [3.05, 3.63) is 47.3 Å². The van der Waals surface area contributed by atoms with E-state index >= 15 is 0 Å². The number of hydrogen-bond donors (Lipinski definition) is 1. The van der Waals surface area contributed by atoms with Crippen LogP contribution in [0.1, 0.15) is 27.9 Å². The second kappa shape index (κ2) is 7.03. The first-order valence-corrected chi connectivity index (χ1v) is 10.2. The van der Waals surface area contributed by atoms with Crippen LogP contribution in [0.2, 0.25) is 0 Å². The minimum absolute atomic E-state index is 0.0162. The van der Waals surface area contributed by atoms with Gasteiger partial charge >= 0.3 is 0 Å². The largest absolute Gasteiger partial charge is 0.338 e. The van der Waals surface area contributed by atoms with E-state index in [-0.39, 0.29) is 23.5 Å². The standard InChI is InChI=1S/C18H22N4O3S/c1-12-5-4-6-13(2)16(12)21-18-19-9-14(10-20-18)17(23)22(3)15-7-8-26(24,25)11-15/h4-6,9-10,15H,7-8,11H2,1-3H3,(H,19,20,21). The molecule has 1 aromatic heterocycles. The lowest BCUT2D eigenvalue weighted by Gasteiger charge is -2.23. The zero-order valence-corrected chi connectivity index (χ0v) is 15.9. The molecule has 1 saturated heterocycles. The highest BCUT2D eigenvalue weighted by Crippen LogP contribution is 2.23. The number of benzene rings is 1. The molecule has 0 spiro atoms. The van der Waals surface area contributed by atoms with Gasteiger partial charge in [0.05, 0.1) is 17.1 Å². The molecule has 0 bridgehead atoms. The third kappa shape index (κ3) is 3.85. The van der Waals surface area contributed by atoms with Gasteiger partial charge in [-0.15, -0.1) is 0 Å². The summed E-state index contributed by atoms with van der Waals surface area (Å²) in [4.78, 5) is 22.5. The van der Waals surface area contributed by atoms with Crippen molar-refractivity contribution in [3.63, 3.8) is 0 Å². The Kier molecular flexibility index (Phi) is 4.95. The van der Waals surface area contributed by atoms with Crippen LogP contribution in [-0.2, 0) is 9.84 Å². The van der Waals surface area contributed by atoms with Crippen molar-refractivity contribution in [2.45, 2.75) is 26.3 Å². The van der Waals surface area contributed by atoms with E-state index in [9.17, 15) is 13.2 Å². The van der Waals surface area contributed by atoms with E-state index in [1.54, 1.807) is 7.05 Å². The van der Waals surface area contributed by atoms with E-state index in [2.05, 4.69) is 15.3 Å². The maximum Gasteiger partial charge on any atom is 0.257 e. The van der Waals surface area contributed by atoms with Gasteiger partial charge in [0.15, 0.2) is 9.84 Å². The highest BCUT2D eigenvalue weighted by atomic mass is 32.2. The average Bonchev–Trinajstić information content (AvgIpc) is 2.97. The molecule has 2 aromatic rings. The lowest BCUT2D eigenvalue weighted by molar-refractivity contribution is 0.0747. The fraction of sp³-hybridized carbons (Fsp3) is 0.389. The number of nitrogens with one attached hydrogen (secondary N) is 1. The molecule has 7 nitrogen and oxygen atoms in total. The summed E-state index contributed by atoms with van der Waals surface area (Å²) in [7, 11) is -1.42. The zero-order chi connectivity index (χ0) is 18.9. The number of aromatic nitrogens is 2. The molecule has 1 amide bonds. The number of nitrogens with zero attached hydrogens (tertiary/aromatic N) is 3. The van der Waals surface area contributed by atoms with E-state index in [1.807, 2.05) is 32.0 Å². The summed E-state index contributed by atoms with van der Waals surface area (Å²) in [5.41, 5.74) is 3.44. The number of hydrogen-bond acceptors (Lipinski definition) is 6. The van der Waals surface area contributed by atoms with Crippen LogP contribution in [0.3, 0.4) is 0 Å². The second-order valence-electron chi connectivity index (χ2n) is 6.66. The number of anilines is 2. The van der Waals surface area contributed by atoms with E-state index in [1.165, 1.54) is 17.3 Å². The van der Waals surface area contributed by atoms with Gasteiger partial charge in [-0.3, -0.25) is 4.79 Å². The summed E-state index contributed by atoms with van der Waals surface area (Å²) in [5.74, 6) is 0.281. The molecule has 3 rings (SSSR count). The molecule has 0 saturated carbocycles. The van der Waals surface area contributed by atoms with Crippen LogP contribution in [0.25, 0.3) is 0 Å². The van der Waals surface area contributed by atoms with Gasteiger partial charge in [0, 0.05) is 31.2 Å². The van der Waals surface area contributed by atoms with Gasteiger partial charge in [-0.1, -0.05) is 18.2 Å². The van der Waals surface area contributed by atoms with Crippen LogP contribution in [0.15, 0.2) is 30.6 Å². The van der Waals surface area contributed by atoms with Gasteiger partial charge in [0.25, 0.3) is 5.91 Å². The predicted molar refractivity (Wildman–Crippen MR) is 100 cm³/mol. The molecule has 0 aliphatic carbocycles. The molecule has 1 aliphatic heterocycles. The second-order valence-corrected chi connectivity index (χ2v) is 8.89. The summed E-state index contributed by atoms with van der Waals surface area (Å²) in [6.07, 6.45) is 3.40. The van der Waals surface area contributed by atoms with E-state index in [0.717, 1.165) is 16.8 Å². The number of rotatable bonds is 4. The lowest BCUT2D eigenvalue weighted by atomic mass is 10.1. The number of amides is 1. The van der Waals surface area contributed by atoms with Crippen LogP contribution in [0.4, 0.5) is 11.6 Å². The highest BCUT2D eigenvalue weighted by Gasteiger charge is 2.33. The van der Waals surface area contributed by atoms with Gasteiger partial charge in [0.2, 0.25) is 5.95 Å². The fourth-order valence-electron chi connectivity index (χ4n) is 3.08. The molecular weight excluding hydrogens is 352 g/mol. The Morgan fingerprint density at radius 3 is 2.35 bits per heavy atom. The minimum Gasteiger partial charge on any atom is -0.338 e. The van der Waals surface area contributed by atoms with Crippen molar-refractivity contribution in [1.82, 2.24) is 14.9 Å². The van der Waals surface area contributed by atoms with Gasteiger partial charge in [-0.2, -0.15) is 0 Å². The Labute approximate surface area is 153 Å². The van der Waals surface area contributed by atoms with E-state index < -0.39 is 9.84 Å². The Bertz CT molecular complexity index is 906. The number of sulfone groups is 1. The number of carbonyl (C=O) groups is 1. The number of carbonyl (C=O) groups excluding carboxylic acids is 1. The molecule has 1 atom stereocenters. The minimum atomic E-state index is -3.04. The van der Waals surface area contributed by atoms with E-state index in [0.29, 0.717) is 17.9 Å². The molecule has 1 fully saturated rings. The van der Waals surface area contributed by atoms with Crippen molar-refractivity contribution in [1.29, 1.82) is 0 Å². The lowest BCUT2D eigenvalue weighted by Crippen LogP contribution is -2.37. The van der Waals surface area contributed by atoms with Gasteiger partial charge in [-0.05, 0) is 31.4 Å². The Morgan fingerprint density at radius 2 is 1.81 bits per heavy atom. The first kappa shape index (κ1) is 18.3. The highest BCUT2D eigenvalue weighted by molar-refractivity contribution is 7.91. The maximum atomic E-state index is 12.6. The van der Waals surface area contributed by atoms with Crippen molar-refractivity contribution in [2.75, 3.05) is 23.9 Å². The third-order valence-electron chi connectivity index (χ3n) is 4.69. The molecule has 8 heteroatoms. The van der Waals surface area contributed by atoms with Crippen molar-refractivity contribution < 1.29 is 13.2 Å². The first-order valence-electron chi connectivity index (χ1n) is 8.40. The zero-order valence-electron chi connectivity index (χ0n) is 15.1. The van der Waals surface area contributed by atoms with Gasteiger partial charge in [0.1, 0.15) is 0 Å². The summed E-state index contributed by atoms with van der Waals surface area (Å²) >= 11 is 0. The Hall–Kier alpha value is -2.48. The summed E-state index contributed by atoms with van der Waals surface area (Å²) in [5, 5.41) is 3.18. The topological polar surface area (TPSA) is 92.3 Å². The van der Waals surface area contributed by atoms with Crippen molar-refractivity contribution >= 4 is 27.4 Å². The molecule has 26 heavy (non-hydrogen) atoms. The molecule has 2 heterocycles. The molecule has 1 N–H and O–H groups in total. The molecular formula is C18H22N4O3S. The molecule has 0 radical (unpaired) electrons. The third-order valence-corrected chi connectivity index (χ3v) is 6.44. The molecule has 138 valence electrons. The normalized spacial score (nSPS) is 18.5. The fourth-order valence-corrected chi connectivity index (χ4v) is 4.85. The maximum absolute atomic E-state index is 12.6. The summed E-state index contributed by atoms with van der Waals surface area (Å²) in [6.45, 7) is 4.00. The smallest absolute Gasteiger partial charge is 0.257 e. The average molecular weight is 374 g/mol. The Morgan fingerprint density at radius 1 is 1.19 bits per heavy atom. The van der Waals surface area contributed by atoms with Crippen LogP contribution < -0.4 is 5.32 Å². The Balaban J connectivity index is 1.72. The molecule has 1 unspecified atom stereocenters. The quantitative estimate of drug-likeness (QED) is 0.881. The first-order chi connectivity index (χ1) is 12.3. The van der Waals surface area contributed by atoms with Gasteiger partial charge < -0.3 is 10.2 Å². The molecule has 1 aromatic carbocycles. The number of aryl methyl sites for hydroxylation is 2. The van der Waals surface area contributed by atoms with E-state index in [4.69, 9.17) is 0 Å². The van der Waals surface area contributed by atoms with Crippen LogP contribution >= 0.6 is 0 Å². The van der Waals surface area contributed by atoms with Crippen LogP contribution in [-0.4, -0.2) is 53.8 Å². The summed E-state index contributed by atoms with van der Waals surface area (Å²) < 4.78 is 23.2. The monoisotopic (exact) mass is 374 g/mol. The van der Waals surface area contributed by atoms with Gasteiger partial charge in [-0.25, -0.2) is 18.4 Å². The SMILES string of the molecule is Cc1cccc(C)c1Nc1ncc(C(=O)N(C)C2CCS(=O)(=O)C2)cn1. The molecule has 1 aliphatic rings. The number of para-hydroxylation sites is 1. The van der Waals surface area contributed by atoms with Crippen LogP contribution in [0, 0.1) is 13.8 Å². The van der Waals surface area contributed by atoms with Crippen molar-refractivity contribution in [2.24, 2.45) is 0 Å². The van der Waals surface area contributed by atoms with Crippen LogP contribution in [0.5, 0.6) is 0 Å². The summed E-state index contributed by atoms with van der Waals surface area (Å²) in [6, 6.07) is 5.69. The van der Waals surface area contributed by atoms with Crippen molar-refractivity contribution in [3.8, 4) is 0 Å². The predicted octanol–water partition coefficient (Wildman–Crippen LogP) is 2.10.